The maximum Gasteiger partial charge on any atom is 0.410 e. The van der Waals surface area contributed by atoms with Crippen molar-refractivity contribution in [3.05, 3.63) is 35.9 Å². The summed E-state index contributed by atoms with van der Waals surface area (Å²) in [7, 11) is 0. The lowest BCUT2D eigenvalue weighted by atomic mass is 10.0. The van der Waals surface area contributed by atoms with E-state index in [4.69, 9.17) is 4.74 Å². The summed E-state index contributed by atoms with van der Waals surface area (Å²) in [4.78, 5) is 14.9. The molecular weight excluding hydrogens is 338 g/mol. The molecule has 3 atom stereocenters. The second-order valence-electron chi connectivity index (χ2n) is 7.96. The molecule has 1 heterocycles. The number of carbonyl (C=O) groups excluding carboxylic acids is 1. The molecule has 0 spiro atoms. The highest BCUT2D eigenvalue weighted by Crippen LogP contribution is 2.31. The molecule has 152 valence electrons. The van der Waals surface area contributed by atoms with Crippen LogP contribution in [0.1, 0.15) is 83.6 Å². The summed E-state index contributed by atoms with van der Waals surface area (Å²) in [5.74, 6) is 0. The van der Waals surface area contributed by atoms with Crippen molar-refractivity contribution in [2.75, 3.05) is 0 Å². The first kappa shape index (κ1) is 21.7. The summed E-state index contributed by atoms with van der Waals surface area (Å²) >= 11 is 0. The molecule has 1 N–H and O–H groups in total. The average Bonchev–Trinajstić information content (AvgIpc) is 3.08. The summed E-state index contributed by atoms with van der Waals surface area (Å²) in [6, 6.07) is 10.3. The van der Waals surface area contributed by atoms with Gasteiger partial charge in [-0.05, 0) is 44.6 Å². The van der Waals surface area contributed by atoms with E-state index in [0.29, 0.717) is 6.61 Å². The Bertz CT molecular complexity index is 532. The number of rotatable bonds is 11. The number of amides is 1. The molecule has 1 aliphatic heterocycles. The summed E-state index contributed by atoms with van der Waals surface area (Å²) in [5, 5.41) is 9.64. The standard InChI is InChI=1S/C23H37NO3/c1-3-4-5-6-10-13-21-16-17-22(15-14-19(2)25)24(21)23(26)27-18-20-11-8-7-9-12-20/h7-9,11-12,19,21-22,25H,3-6,10,13-18H2,1-2H3/t19?,21-,22-/m1/s1. The van der Waals surface area contributed by atoms with Crippen LogP contribution in [0.4, 0.5) is 4.79 Å². The van der Waals surface area contributed by atoms with Crippen molar-refractivity contribution in [2.45, 2.75) is 103 Å². The van der Waals surface area contributed by atoms with Crippen LogP contribution in [0.15, 0.2) is 30.3 Å². The van der Waals surface area contributed by atoms with E-state index in [0.717, 1.165) is 37.7 Å². The predicted octanol–water partition coefficient (Wildman–Crippen LogP) is 5.68. The molecule has 1 fully saturated rings. The Hall–Kier alpha value is -1.55. The van der Waals surface area contributed by atoms with Crippen LogP contribution in [-0.4, -0.2) is 34.3 Å². The third-order valence-corrected chi connectivity index (χ3v) is 5.59. The van der Waals surface area contributed by atoms with Gasteiger partial charge in [0.1, 0.15) is 6.61 Å². The highest BCUT2D eigenvalue weighted by molar-refractivity contribution is 5.69. The molecule has 4 nitrogen and oxygen atoms in total. The van der Waals surface area contributed by atoms with Gasteiger partial charge in [-0.15, -0.1) is 0 Å². The normalized spacial score (nSPS) is 20.6. The summed E-state index contributed by atoms with van der Waals surface area (Å²) in [5.41, 5.74) is 1.02. The fraction of sp³-hybridized carbons (Fsp3) is 0.696. The first-order valence-electron chi connectivity index (χ1n) is 10.8. The Kier molecular flexibility index (Phi) is 9.68. The van der Waals surface area contributed by atoms with Crippen LogP contribution < -0.4 is 0 Å². The second-order valence-corrected chi connectivity index (χ2v) is 7.96. The van der Waals surface area contributed by atoms with E-state index in [1.807, 2.05) is 42.2 Å². The fourth-order valence-corrected chi connectivity index (χ4v) is 4.04. The van der Waals surface area contributed by atoms with Crippen LogP contribution in [0.5, 0.6) is 0 Å². The fourth-order valence-electron chi connectivity index (χ4n) is 4.04. The van der Waals surface area contributed by atoms with Crippen LogP contribution in [0.25, 0.3) is 0 Å². The predicted molar refractivity (Wildman–Crippen MR) is 110 cm³/mol. The first-order chi connectivity index (χ1) is 13.1. The first-order valence-corrected chi connectivity index (χ1v) is 10.8. The van der Waals surface area contributed by atoms with Crippen molar-refractivity contribution in [3.63, 3.8) is 0 Å². The number of aliphatic hydroxyl groups excluding tert-OH is 1. The third-order valence-electron chi connectivity index (χ3n) is 5.59. The van der Waals surface area contributed by atoms with Gasteiger partial charge in [0.25, 0.3) is 0 Å². The minimum absolute atomic E-state index is 0.189. The summed E-state index contributed by atoms with van der Waals surface area (Å²) < 4.78 is 5.65. The molecule has 1 unspecified atom stereocenters. The van der Waals surface area contributed by atoms with E-state index in [1.54, 1.807) is 0 Å². The topological polar surface area (TPSA) is 49.8 Å². The largest absolute Gasteiger partial charge is 0.445 e. The van der Waals surface area contributed by atoms with E-state index in [1.165, 1.54) is 32.1 Å². The molecule has 0 bridgehead atoms. The number of benzene rings is 1. The number of unbranched alkanes of at least 4 members (excludes halogenated alkanes) is 4. The van der Waals surface area contributed by atoms with Gasteiger partial charge in [-0.3, -0.25) is 0 Å². The molecular formula is C23H37NO3. The lowest BCUT2D eigenvalue weighted by molar-refractivity contribution is 0.0709. The van der Waals surface area contributed by atoms with Gasteiger partial charge in [0.2, 0.25) is 0 Å². The van der Waals surface area contributed by atoms with E-state index in [2.05, 4.69) is 6.92 Å². The van der Waals surface area contributed by atoms with Gasteiger partial charge in [-0.25, -0.2) is 4.79 Å². The number of nitrogens with zero attached hydrogens (tertiary/aromatic N) is 1. The van der Waals surface area contributed by atoms with Gasteiger partial charge in [-0.1, -0.05) is 69.4 Å². The molecule has 1 aromatic rings. The maximum absolute atomic E-state index is 12.9. The zero-order valence-corrected chi connectivity index (χ0v) is 17.1. The molecule has 27 heavy (non-hydrogen) atoms. The van der Waals surface area contributed by atoms with Gasteiger partial charge in [-0.2, -0.15) is 0 Å². The molecule has 0 aromatic heterocycles. The van der Waals surface area contributed by atoms with Crippen molar-refractivity contribution in [2.24, 2.45) is 0 Å². The lowest BCUT2D eigenvalue weighted by Crippen LogP contribution is -2.41. The van der Waals surface area contributed by atoms with Crippen molar-refractivity contribution in [3.8, 4) is 0 Å². The molecule has 1 aromatic carbocycles. The van der Waals surface area contributed by atoms with Crippen molar-refractivity contribution in [1.29, 1.82) is 0 Å². The van der Waals surface area contributed by atoms with Crippen molar-refractivity contribution >= 4 is 6.09 Å². The minimum atomic E-state index is -0.319. The third kappa shape index (κ3) is 7.53. The molecule has 0 radical (unpaired) electrons. The number of aliphatic hydroxyl groups is 1. The average molecular weight is 376 g/mol. The molecule has 1 saturated heterocycles. The smallest absolute Gasteiger partial charge is 0.410 e. The van der Waals surface area contributed by atoms with E-state index in [-0.39, 0.29) is 24.3 Å². The highest BCUT2D eigenvalue weighted by atomic mass is 16.6. The van der Waals surface area contributed by atoms with E-state index < -0.39 is 0 Å². The lowest BCUT2D eigenvalue weighted by Gasteiger charge is -2.30. The molecule has 0 saturated carbocycles. The van der Waals surface area contributed by atoms with Crippen LogP contribution >= 0.6 is 0 Å². The van der Waals surface area contributed by atoms with Gasteiger partial charge < -0.3 is 14.7 Å². The monoisotopic (exact) mass is 375 g/mol. The zero-order valence-electron chi connectivity index (χ0n) is 17.1. The zero-order chi connectivity index (χ0) is 19.5. The molecule has 4 heteroatoms. The number of hydrogen-bond donors (Lipinski definition) is 1. The molecule has 0 aliphatic carbocycles. The van der Waals surface area contributed by atoms with Gasteiger partial charge >= 0.3 is 6.09 Å². The van der Waals surface area contributed by atoms with Crippen LogP contribution in [0.2, 0.25) is 0 Å². The molecule has 1 amide bonds. The second kappa shape index (κ2) is 12.0. The number of hydrogen-bond acceptors (Lipinski definition) is 3. The number of carbonyl (C=O) groups is 1. The Labute approximate surface area is 164 Å². The summed E-state index contributed by atoms with van der Waals surface area (Å²) in [6.45, 7) is 4.37. The molecule has 2 rings (SSSR count). The van der Waals surface area contributed by atoms with E-state index >= 15 is 0 Å². The quantitative estimate of drug-likeness (QED) is 0.506. The summed E-state index contributed by atoms with van der Waals surface area (Å²) in [6.07, 6.45) is 10.5. The SMILES string of the molecule is CCCCCCC[C@@H]1CC[C@@H](CCC(C)O)N1C(=O)OCc1ccccc1. The Morgan fingerprint density at radius 2 is 1.78 bits per heavy atom. The van der Waals surface area contributed by atoms with Crippen molar-refractivity contribution < 1.29 is 14.6 Å². The van der Waals surface area contributed by atoms with Crippen LogP contribution in [0, 0.1) is 0 Å². The molecule has 1 aliphatic rings. The Balaban J connectivity index is 1.90. The highest BCUT2D eigenvalue weighted by Gasteiger charge is 2.37. The van der Waals surface area contributed by atoms with Gasteiger partial charge in [0.15, 0.2) is 0 Å². The Morgan fingerprint density at radius 3 is 2.44 bits per heavy atom. The minimum Gasteiger partial charge on any atom is -0.445 e. The van der Waals surface area contributed by atoms with Crippen LogP contribution in [-0.2, 0) is 11.3 Å². The van der Waals surface area contributed by atoms with Gasteiger partial charge in [0, 0.05) is 12.1 Å². The Morgan fingerprint density at radius 1 is 1.11 bits per heavy atom. The number of likely N-dealkylation sites (tertiary alicyclic amines) is 1. The van der Waals surface area contributed by atoms with Crippen LogP contribution in [0.3, 0.4) is 0 Å². The van der Waals surface area contributed by atoms with E-state index in [9.17, 15) is 9.90 Å². The number of ether oxygens (including phenoxy) is 1. The van der Waals surface area contributed by atoms with Crippen molar-refractivity contribution in [1.82, 2.24) is 4.90 Å². The maximum atomic E-state index is 12.9. The van der Waals surface area contributed by atoms with Gasteiger partial charge in [0.05, 0.1) is 6.10 Å².